The fraction of sp³-hybridized carbons (Fsp3) is 0.316. The van der Waals surface area contributed by atoms with Crippen molar-refractivity contribution in [3.63, 3.8) is 0 Å². The number of hydrogen-bond donors (Lipinski definition) is 0. The Morgan fingerprint density at radius 2 is 1.60 bits per heavy atom. The molecule has 0 saturated carbocycles. The minimum Gasteiger partial charge on any atom is -0.336 e. The molecule has 0 atom stereocenters. The summed E-state index contributed by atoms with van der Waals surface area (Å²) in [5, 5.41) is 0. The molecule has 134 valence electrons. The summed E-state index contributed by atoms with van der Waals surface area (Å²) in [6.45, 7) is 1.36. The van der Waals surface area contributed by atoms with Gasteiger partial charge in [-0.05, 0) is 32.3 Å². The van der Waals surface area contributed by atoms with Crippen LogP contribution in [-0.2, 0) is 11.3 Å². The summed E-state index contributed by atoms with van der Waals surface area (Å²) in [5.41, 5.74) is 0.477. The molecule has 0 radical (unpaired) electrons. The fourth-order valence-corrected chi connectivity index (χ4v) is 3.08. The summed E-state index contributed by atoms with van der Waals surface area (Å²) in [6.07, 6.45) is 0. The Hall–Kier alpha value is -1.92. The highest BCUT2D eigenvalue weighted by atomic mass is 32.2. The van der Waals surface area contributed by atoms with Crippen molar-refractivity contribution in [2.75, 3.05) is 32.9 Å². The van der Waals surface area contributed by atoms with Gasteiger partial charge in [0.25, 0.3) is 0 Å². The monoisotopic (exact) mass is 364 g/mol. The molecule has 6 heteroatoms. The molecule has 2 aromatic carbocycles. The van der Waals surface area contributed by atoms with Gasteiger partial charge >= 0.3 is 0 Å². The van der Waals surface area contributed by atoms with Gasteiger partial charge in [-0.1, -0.05) is 30.3 Å². The second-order valence-corrected chi connectivity index (χ2v) is 6.95. The highest BCUT2D eigenvalue weighted by molar-refractivity contribution is 8.00. The Balaban J connectivity index is 2.04. The number of carbonyl (C=O) groups is 1. The average Bonchev–Trinajstić information content (AvgIpc) is 2.59. The smallest absolute Gasteiger partial charge is 0.233 e. The molecule has 0 heterocycles. The third-order valence-electron chi connectivity index (χ3n) is 3.68. The molecular formula is C19H22F2N2OS. The van der Waals surface area contributed by atoms with Gasteiger partial charge in [-0.2, -0.15) is 0 Å². The molecule has 0 N–H and O–H groups in total. The van der Waals surface area contributed by atoms with Crippen LogP contribution in [0.3, 0.4) is 0 Å². The van der Waals surface area contributed by atoms with E-state index in [2.05, 4.69) is 0 Å². The lowest BCUT2D eigenvalue weighted by Gasteiger charge is -2.24. The first-order chi connectivity index (χ1) is 12.0. The molecule has 0 aliphatic carbocycles. The minimum absolute atomic E-state index is 0.114. The number of likely N-dealkylation sites (N-methyl/N-ethyl adjacent to an activating group) is 1. The van der Waals surface area contributed by atoms with E-state index in [9.17, 15) is 13.6 Å². The van der Waals surface area contributed by atoms with Gasteiger partial charge in [0, 0.05) is 30.1 Å². The van der Waals surface area contributed by atoms with Crippen LogP contribution < -0.4 is 0 Å². The maximum Gasteiger partial charge on any atom is 0.233 e. The van der Waals surface area contributed by atoms with Crippen molar-refractivity contribution in [3.05, 3.63) is 65.7 Å². The van der Waals surface area contributed by atoms with Crippen LogP contribution in [0.15, 0.2) is 53.4 Å². The van der Waals surface area contributed by atoms with Crippen molar-refractivity contribution in [3.8, 4) is 0 Å². The van der Waals surface area contributed by atoms with E-state index >= 15 is 0 Å². The Labute approximate surface area is 151 Å². The number of halogens is 2. The van der Waals surface area contributed by atoms with E-state index in [-0.39, 0.29) is 29.8 Å². The molecule has 0 aliphatic rings. The molecule has 0 aliphatic heterocycles. The number of hydrogen-bond acceptors (Lipinski definition) is 3. The predicted octanol–water partition coefficient (Wildman–Crippen LogP) is 3.65. The summed E-state index contributed by atoms with van der Waals surface area (Å²) in [6, 6.07) is 12.8. The van der Waals surface area contributed by atoms with Crippen molar-refractivity contribution in [2.24, 2.45) is 0 Å². The van der Waals surface area contributed by atoms with Gasteiger partial charge in [0.1, 0.15) is 11.6 Å². The second-order valence-electron chi connectivity index (χ2n) is 5.93. The number of amides is 1. The summed E-state index contributed by atoms with van der Waals surface area (Å²) in [4.78, 5) is 16.6. The Morgan fingerprint density at radius 3 is 2.24 bits per heavy atom. The van der Waals surface area contributed by atoms with Crippen LogP contribution in [0.2, 0.25) is 0 Å². The lowest BCUT2D eigenvalue weighted by Crippen LogP contribution is -2.37. The predicted molar refractivity (Wildman–Crippen MR) is 97.5 cm³/mol. The zero-order chi connectivity index (χ0) is 18.2. The first-order valence-electron chi connectivity index (χ1n) is 8.00. The number of nitrogens with zero attached hydrogens (tertiary/aromatic N) is 2. The molecule has 0 bridgehead atoms. The second kappa shape index (κ2) is 9.53. The van der Waals surface area contributed by atoms with Crippen molar-refractivity contribution in [1.29, 1.82) is 0 Å². The summed E-state index contributed by atoms with van der Waals surface area (Å²) in [5.74, 6) is -0.692. The molecule has 0 spiro atoms. The quantitative estimate of drug-likeness (QED) is 0.668. The zero-order valence-electron chi connectivity index (χ0n) is 14.4. The third-order valence-corrected chi connectivity index (χ3v) is 4.71. The van der Waals surface area contributed by atoms with E-state index in [4.69, 9.17) is 0 Å². The van der Waals surface area contributed by atoms with Gasteiger partial charge < -0.3 is 9.80 Å². The van der Waals surface area contributed by atoms with Gasteiger partial charge in [-0.15, -0.1) is 11.8 Å². The molecule has 3 nitrogen and oxygen atoms in total. The number of carbonyl (C=O) groups excluding carboxylic acids is 1. The standard InChI is InChI=1S/C19H22F2N2OS/c1-22(2)11-12-23(13-15-7-3-4-8-16(15)20)19(24)14-25-18-10-6-5-9-17(18)21/h3-10H,11-14H2,1-2H3. The van der Waals surface area contributed by atoms with Gasteiger partial charge in [0.2, 0.25) is 5.91 Å². The Morgan fingerprint density at radius 1 is 0.960 bits per heavy atom. The summed E-state index contributed by atoms with van der Waals surface area (Å²) in [7, 11) is 3.83. The minimum atomic E-state index is -0.339. The largest absolute Gasteiger partial charge is 0.336 e. The lowest BCUT2D eigenvalue weighted by atomic mass is 10.2. The number of rotatable bonds is 8. The molecule has 0 aromatic heterocycles. The molecular weight excluding hydrogens is 342 g/mol. The summed E-state index contributed by atoms with van der Waals surface area (Å²) < 4.78 is 27.6. The molecule has 25 heavy (non-hydrogen) atoms. The molecule has 0 fully saturated rings. The van der Waals surface area contributed by atoms with Crippen molar-refractivity contribution >= 4 is 17.7 Å². The molecule has 0 unspecified atom stereocenters. The highest BCUT2D eigenvalue weighted by Gasteiger charge is 2.17. The zero-order valence-corrected chi connectivity index (χ0v) is 15.2. The van der Waals surface area contributed by atoms with E-state index in [0.29, 0.717) is 23.5 Å². The number of thioether (sulfide) groups is 1. The van der Waals surface area contributed by atoms with Crippen LogP contribution in [0.1, 0.15) is 5.56 Å². The molecule has 2 aromatic rings. The molecule has 0 saturated heterocycles. The van der Waals surface area contributed by atoms with E-state index in [1.54, 1.807) is 41.3 Å². The van der Waals surface area contributed by atoms with E-state index in [0.717, 1.165) is 11.8 Å². The third kappa shape index (κ3) is 6.14. The van der Waals surface area contributed by atoms with Gasteiger partial charge in [0.05, 0.1) is 5.75 Å². The maximum atomic E-state index is 13.9. The van der Waals surface area contributed by atoms with Crippen LogP contribution >= 0.6 is 11.8 Å². The fourth-order valence-electron chi connectivity index (χ4n) is 2.24. The van der Waals surface area contributed by atoms with Crippen molar-refractivity contribution in [2.45, 2.75) is 11.4 Å². The first kappa shape index (κ1) is 19.4. The average molecular weight is 364 g/mol. The topological polar surface area (TPSA) is 23.6 Å². The van der Waals surface area contributed by atoms with Gasteiger partial charge in [0.15, 0.2) is 0 Å². The van der Waals surface area contributed by atoms with Crippen LogP contribution in [0, 0.1) is 11.6 Å². The van der Waals surface area contributed by atoms with E-state index in [1.807, 2.05) is 19.0 Å². The van der Waals surface area contributed by atoms with Crippen LogP contribution in [-0.4, -0.2) is 48.6 Å². The maximum absolute atomic E-state index is 13.9. The van der Waals surface area contributed by atoms with E-state index < -0.39 is 0 Å². The normalized spacial score (nSPS) is 10.9. The van der Waals surface area contributed by atoms with Crippen molar-refractivity contribution < 1.29 is 13.6 Å². The van der Waals surface area contributed by atoms with E-state index in [1.165, 1.54) is 12.1 Å². The lowest BCUT2D eigenvalue weighted by molar-refractivity contribution is -0.129. The van der Waals surface area contributed by atoms with Gasteiger partial charge in [-0.25, -0.2) is 8.78 Å². The first-order valence-corrected chi connectivity index (χ1v) is 8.99. The van der Waals surface area contributed by atoms with Crippen LogP contribution in [0.4, 0.5) is 8.78 Å². The molecule has 1 amide bonds. The van der Waals surface area contributed by atoms with Crippen LogP contribution in [0.25, 0.3) is 0 Å². The Bertz CT molecular complexity index is 709. The highest BCUT2D eigenvalue weighted by Crippen LogP contribution is 2.22. The van der Waals surface area contributed by atoms with Gasteiger partial charge in [-0.3, -0.25) is 4.79 Å². The SMILES string of the molecule is CN(C)CCN(Cc1ccccc1F)C(=O)CSc1ccccc1F. The number of benzene rings is 2. The Kier molecular flexibility index (Phi) is 7.40. The summed E-state index contributed by atoms with van der Waals surface area (Å²) >= 11 is 1.16. The van der Waals surface area contributed by atoms with Crippen molar-refractivity contribution in [1.82, 2.24) is 9.80 Å². The molecule has 2 rings (SSSR count). The van der Waals surface area contributed by atoms with Crippen LogP contribution in [0.5, 0.6) is 0 Å².